The van der Waals surface area contributed by atoms with Gasteiger partial charge >= 0.3 is 5.97 Å². The minimum Gasteiger partial charge on any atom is -0.480 e. The lowest BCUT2D eigenvalue weighted by atomic mass is 10.1. The Balaban J connectivity index is 2.62. The molecule has 0 saturated heterocycles. The highest BCUT2D eigenvalue weighted by Gasteiger charge is 2.20. The quantitative estimate of drug-likeness (QED) is 0.841. The smallest absolute Gasteiger partial charge is 0.326 e. The van der Waals surface area contributed by atoms with E-state index in [9.17, 15) is 14.0 Å². The van der Waals surface area contributed by atoms with Crippen molar-refractivity contribution in [3.63, 3.8) is 0 Å². The number of halogens is 2. The van der Waals surface area contributed by atoms with Gasteiger partial charge in [0.1, 0.15) is 11.9 Å². The van der Waals surface area contributed by atoms with Crippen LogP contribution < -0.4 is 5.32 Å². The number of carboxylic acid groups (broad SMARTS) is 1. The van der Waals surface area contributed by atoms with Crippen molar-refractivity contribution < 1.29 is 19.1 Å². The molecule has 1 rings (SSSR count). The lowest BCUT2D eigenvalue weighted by Crippen LogP contribution is -2.41. The molecule has 2 N–H and O–H groups in total. The molecule has 0 fully saturated rings. The predicted molar refractivity (Wildman–Crippen MR) is 72.4 cm³/mol. The number of nitrogens with one attached hydrogen (secondary N) is 1. The van der Waals surface area contributed by atoms with Crippen molar-refractivity contribution in [2.24, 2.45) is 0 Å². The summed E-state index contributed by atoms with van der Waals surface area (Å²) in [6.07, 6.45) is 0.0144. The molecular formula is C13H13BrFNO3. The van der Waals surface area contributed by atoms with Gasteiger partial charge in [-0.3, -0.25) is 4.79 Å². The van der Waals surface area contributed by atoms with Crippen LogP contribution in [-0.4, -0.2) is 23.0 Å². The van der Waals surface area contributed by atoms with Crippen molar-refractivity contribution in [2.45, 2.75) is 18.9 Å². The first kappa shape index (κ1) is 15.4. The van der Waals surface area contributed by atoms with Crippen molar-refractivity contribution in [1.29, 1.82) is 0 Å². The molecule has 6 heteroatoms. The molecule has 0 heterocycles. The van der Waals surface area contributed by atoms with Crippen LogP contribution in [0.15, 0.2) is 35.3 Å². The van der Waals surface area contributed by atoms with Crippen molar-refractivity contribution in [1.82, 2.24) is 5.32 Å². The van der Waals surface area contributed by atoms with Crippen LogP contribution in [0, 0.1) is 5.82 Å². The molecule has 1 atom stereocenters. The van der Waals surface area contributed by atoms with Gasteiger partial charge < -0.3 is 10.4 Å². The van der Waals surface area contributed by atoms with Gasteiger partial charge in [0.25, 0.3) is 0 Å². The molecule has 0 unspecified atom stereocenters. The number of carbonyl (C=O) groups is 2. The Morgan fingerprint density at radius 3 is 2.68 bits per heavy atom. The van der Waals surface area contributed by atoms with Crippen LogP contribution in [0.2, 0.25) is 0 Å². The second-order valence-corrected chi connectivity index (χ2v) is 5.11. The molecule has 0 bridgehead atoms. The van der Waals surface area contributed by atoms with Gasteiger partial charge in [-0.2, -0.15) is 0 Å². The third kappa shape index (κ3) is 5.65. The van der Waals surface area contributed by atoms with E-state index in [-0.39, 0.29) is 12.8 Å². The van der Waals surface area contributed by atoms with Crippen LogP contribution >= 0.6 is 15.9 Å². The summed E-state index contributed by atoms with van der Waals surface area (Å²) in [5.41, 5.74) is 0.485. The SMILES string of the molecule is C=C(Br)C[C@@H](NC(=O)Cc1cccc(F)c1)C(=O)O. The Kier molecular flexibility index (Phi) is 5.69. The zero-order valence-electron chi connectivity index (χ0n) is 10.0. The van der Waals surface area contributed by atoms with Gasteiger partial charge in [0.05, 0.1) is 6.42 Å². The van der Waals surface area contributed by atoms with Crippen molar-refractivity contribution >= 4 is 27.8 Å². The van der Waals surface area contributed by atoms with Crippen LogP contribution in [0.5, 0.6) is 0 Å². The average Bonchev–Trinajstić information content (AvgIpc) is 2.27. The molecule has 0 aliphatic rings. The van der Waals surface area contributed by atoms with Gasteiger partial charge in [0.2, 0.25) is 5.91 Å². The summed E-state index contributed by atoms with van der Waals surface area (Å²) in [7, 11) is 0. The minimum absolute atomic E-state index is 0.0731. The Bertz CT molecular complexity index is 504. The standard InChI is InChI=1S/C13H13BrFNO3/c1-8(14)5-11(13(18)19)16-12(17)7-9-3-2-4-10(15)6-9/h2-4,6,11H,1,5,7H2,(H,16,17)(H,18,19)/t11-/m1/s1. The number of aliphatic carboxylic acids is 1. The summed E-state index contributed by atoms with van der Waals surface area (Å²) in [4.78, 5) is 22.6. The lowest BCUT2D eigenvalue weighted by molar-refractivity contribution is -0.141. The summed E-state index contributed by atoms with van der Waals surface area (Å²) in [5, 5.41) is 11.3. The molecule has 0 aromatic heterocycles. The van der Waals surface area contributed by atoms with E-state index in [0.717, 1.165) is 0 Å². The van der Waals surface area contributed by atoms with Gasteiger partial charge in [0.15, 0.2) is 0 Å². The summed E-state index contributed by atoms with van der Waals surface area (Å²) >= 11 is 3.05. The fourth-order valence-corrected chi connectivity index (χ4v) is 1.82. The van der Waals surface area contributed by atoms with E-state index in [1.807, 2.05) is 0 Å². The molecule has 0 radical (unpaired) electrons. The normalized spacial score (nSPS) is 11.7. The molecule has 0 saturated carbocycles. The number of amides is 1. The van der Waals surface area contributed by atoms with Gasteiger partial charge in [-0.25, -0.2) is 9.18 Å². The first-order chi connectivity index (χ1) is 8.88. The predicted octanol–water partition coefficient (Wildman–Crippen LogP) is 2.24. The Hall–Kier alpha value is -1.69. The number of hydrogen-bond acceptors (Lipinski definition) is 2. The van der Waals surface area contributed by atoms with Crippen molar-refractivity contribution in [3.05, 3.63) is 46.7 Å². The van der Waals surface area contributed by atoms with Crippen LogP contribution in [-0.2, 0) is 16.0 Å². The van der Waals surface area contributed by atoms with E-state index < -0.39 is 23.7 Å². The average molecular weight is 330 g/mol. The maximum atomic E-state index is 12.9. The molecule has 0 aliphatic heterocycles. The van der Waals surface area contributed by atoms with E-state index in [4.69, 9.17) is 5.11 Å². The number of rotatable bonds is 6. The summed E-state index contributed by atoms with van der Waals surface area (Å²) < 4.78 is 13.4. The number of carboxylic acids is 1. The molecule has 1 aromatic rings. The molecule has 0 aliphatic carbocycles. The zero-order valence-corrected chi connectivity index (χ0v) is 11.6. The topological polar surface area (TPSA) is 66.4 Å². The fraction of sp³-hybridized carbons (Fsp3) is 0.231. The highest BCUT2D eigenvalue weighted by molar-refractivity contribution is 9.11. The van der Waals surface area contributed by atoms with E-state index >= 15 is 0 Å². The Morgan fingerprint density at radius 1 is 1.47 bits per heavy atom. The van der Waals surface area contributed by atoms with Gasteiger partial charge in [-0.05, 0) is 22.2 Å². The number of carbonyl (C=O) groups excluding carboxylic acids is 1. The highest BCUT2D eigenvalue weighted by atomic mass is 79.9. The van der Waals surface area contributed by atoms with Crippen LogP contribution in [0.25, 0.3) is 0 Å². The Labute approximate surface area is 118 Å². The molecule has 0 spiro atoms. The summed E-state index contributed by atoms with van der Waals surface area (Å²) in [5.74, 6) is -2.06. The van der Waals surface area contributed by atoms with Gasteiger partial charge in [-0.15, -0.1) is 0 Å². The van der Waals surface area contributed by atoms with E-state index in [1.54, 1.807) is 6.07 Å². The van der Waals surface area contributed by atoms with E-state index in [0.29, 0.717) is 10.0 Å². The monoisotopic (exact) mass is 329 g/mol. The Morgan fingerprint density at radius 2 is 2.16 bits per heavy atom. The van der Waals surface area contributed by atoms with E-state index in [1.165, 1.54) is 18.2 Å². The maximum Gasteiger partial charge on any atom is 0.326 e. The van der Waals surface area contributed by atoms with Crippen LogP contribution in [0.4, 0.5) is 4.39 Å². The first-order valence-corrected chi connectivity index (χ1v) is 6.27. The molecule has 1 aromatic carbocycles. The van der Waals surface area contributed by atoms with E-state index in [2.05, 4.69) is 27.8 Å². The molecular weight excluding hydrogens is 317 g/mol. The van der Waals surface area contributed by atoms with Crippen LogP contribution in [0.3, 0.4) is 0 Å². The third-order valence-electron chi connectivity index (χ3n) is 2.31. The second-order valence-electron chi connectivity index (χ2n) is 3.99. The van der Waals surface area contributed by atoms with Crippen molar-refractivity contribution in [3.8, 4) is 0 Å². The number of benzene rings is 1. The molecule has 1 amide bonds. The largest absolute Gasteiger partial charge is 0.480 e. The summed E-state index contributed by atoms with van der Waals surface area (Å²) in [6, 6.07) is 4.55. The second kappa shape index (κ2) is 7.04. The lowest BCUT2D eigenvalue weighted by Gasteiger charge is -2.13. The zero-order chi connectivity index (χ0) is 14.4. The minimum atomic E-state index is -1.15. The molecule has 4 nitrogen and oxygen atoms in total. The highest BCUT2D eigenvalue weighted by Crippen LogP contribution is 2.11. The van der Waals surface area contributed by atoms with Gasteiger partial charge in [0, 0.05) is 6.42 Å². The third-order valence-corrected chi connectivity index (χ3v) is 2.64. The fourth-order valence-electron chi connectivity index (χ4n) is 1.50. The maximum absolute atomic E-state index is 12.9. The first-order valence-electron chi connectivity index (χ1n) is 5.48. The summed E-state index contributed by atoms with van der Waals surface area (Å²) in [6.45, 7) is 3.53. The van der Waals surface area contributed by atoms with Crippen LogP contribution in [0.1, 0.15) is 12.0 Å². The van der Waals surface area contributed by atoms with Gasteiger partial charge in [-0.1, -0.05) is 34.6 Å². The number of hydrogen-bond donors (Lipinski definition) is 2. The molecule has 102 valence electrons. The molecule has 19 heavy (non-hydrogen) atoms. The van der Waals surface area contributed by atoms with Crippen molar-refractivity contribution in [2.75, 3.05) is 0 Å².